The van der Waals surface area contributed by atoms with Crippen molar-refractivity contribution in [1.29, 1.82) is 0 Å². The first-order valence-corrected chi connectivity index (χ1v) is 7.25. The van der Waals surface area contributed by atoms with Crippen LogP contribution in [-0.2, 0) is 4.74 Å². The number of hydrogen-bond donors (Lipinski definition) is 1. The van der Waals surface area contributed by atoms with Gasteiger partial charge in [-0.15, -0.1) is 5.10 Å². The topological polar surface area (TPSA) is 80.5 Å². The fraction of sp³-hybridized carbons (Fsp3) is 0.400. The molecule has 0 spiro atoms. The lowest BCUT2D eigenvalue weighted by Gasteiger charge is -2.21. The summed E-state index contributed by atoms with van der Waals surface area (Å²) in [5.74, 6) is -0.664. The van der Waals surface area contributed by atoms with Gasteiger partial charge < -0.3 is 14.7 Å². The van der Waals surface area contributed by atoms with Crippen molar-refractivity contribution in [3.63, 3.8) is 0 Å². The van der Waals surface area contributed by atoms with Gasteiger partial charge in [0.15, 0.2) is 5.69 Å². The quantitative estimate of drug-likeness (QED) is 0.894. The number of methoxy groups -OCH3 is 1. The van der Waals surface area contributed by atoms with Gasteiger partial charge >= 0.3 is 0 Å². The Balaban J connectivity index is 1.79. The second-order valence-electron chi connectivity index (χ2n) is 5.38. The summed E-state index contributed by atoms with van der Waals surface area (Å²) in [7, 11) is 1.58. The highest BCUT2D eigenvalue weighted by molar-refractivity contribution is 5.92. The van der Waals surface area contributed by atoms with Crippen molar-refractivity contribution >= 4 is 5.91 Å². The lowest BCUT2D eigenvalue weighted by atomic mass is 10.2. The van der Waals surface area contributed by atoms with Crippen LogP contribution < -0.4 is 0 Å². The van der Waals surface area contributed by atoms with Crippen molar-refractivity contribution in [3.05, 3.63) is 42.0 Å². The highest BCUT2D eigenvalue weighted by Crippen LogP contribution is 2.21. The monoisotopic (exact) mass is 320 g/mol. The van der Waals surface area contributed by atoms with Crippen LogP contribution >= 0.6 is 0 Å². The molecular formula is C15H17FN4O3. The summed E-state index contributed by atoms with van der Waals surface area (Å²) in [6.07, 6.45) is 1.86. The number of nitrogens with zero attached hydrogens (tertiary/aromatic N) is 4. The molecule has 2 heterocycles. The highest BCUT2D eigenvalue weighted by Gasteiger charge is 2.36. The Bertz CT molecular complexity index is 688. The SMILES string of the molecule is CO[C@@H]1C[C@@H](CO)N(C(=O)c2cnn(-c3ccc(F)cc3)n2)C1. The second-order valence-corrected chi connectivity index (χ2v) is 5.38. The van der Waals surface area contributed by atoms with Gasteiger partial charge in [0.1, 0.15) is 5.82 Å². The maximum atomic E-state index is 12.9. The summed E-state index contributed by atoms with van der Waals surface area (Å²) in [5, 5.41) is 17.6. The van der Waals surface area contributed by atoms with Crippen LogP contribution in [0.3, 0.4) is 0 Å². The Kier molecular flexibility index (Phi) is 4.35. The molecule has 0 saturated carbocycles. The number of aliphatic hydroxyl groups is 1. The van der Waals surface area contributed by atoms with E-state index in [9.17, 15) is 14.3 Å². The van der Waals surface area contributed by atoms with E-state index in [1.54, 1.807) is 12.0 Å². The Labute approximate surface area is 132 Å². The molecule has 1 aliphatic rings. The number of amides is 1. The lowest BCUT2D eigenvalue weighted by Crippen LogP contribution is -2.38. The fourth-order valence-electron chi connectivity index (χ4n) is 2.67. The van der Waals surface area contributed by atoms with Crippen LogP contribution in [0.5, 0.6) is 0 Å². The molecule has 8 heteroatoms. The van der Waals surface area contributed by atoms with Crippen molar-refractivity contribution in [2.24, 2.45) is 0 Å². The van der Waals surface area contributed by atoms with Crippen LogP contribution in [0.25, 0.3) is 5.69 Å². The first-order chi connectivity index (χ1) is 11.1. The van der Waals surface area contributed by atoms with Gasteiger partial charge in [-0.3, -0.25) is 4.79 Å². The van der Waals surface area contributed by atoms with E-state index in [0.717, 1.165) is 0 Å². The molecule has 7 nitrogen and oxygen atoms in total. The van der Waals surface area contributed by atoms with E-state index < -0.39 is 0 Å². The van der Waals surface area contributed by atoms with Crippen molar-refractivity contribution in [2.75, 3.05) is 20.3 Å². The molecule has 1 N–H and O–H groups in total. The van der Waals surface area contributed by atoms with Crippen molar-refractivity contribution < 1.29 is 19.0 Å². The minimum Gasteiger partial charge on any atom is -0.394 e. The number of carbonyl (C=O) groups excluding carboxylic acids is 1. The van der Waals surface area contributed by atoms with Crippen LogP contribution in [0.2, 0.25) is 0 Å². The van der Waals surface area contributed by atoms with Gasteiger partial charge in [-0.2, -0.15) is 9.90 Å². The normalized spacial score (nSPS) is 20.9. The molecule has 0 bridgehead atoms. The van der Waals surface area contributed by atoms with Gasteiger partial charge in [-0.1, -0.05) is 0 Å². The molecule has 1 aromatic carbocycles. The minimum atomic E-state index is -0.356. The molecule has 1 saturated heterocycles. The van der Waals surface area contributed by atoms with E-state index in [1.165, 1.54) is 35.3 Å². The van der Waals surface area contributed by atoms with Crippen LogP contribution in [-0.4, -0.2) is 63.3 Å². The molecule has 0 aliphatic carbocycles. The number of carbonyl (C=O) groups is 1. The van der Waals surface area contributed by atoms with Gasteiger partial charge in [0.05, 0.1) is 30.6 Å². The lowest BCUT2D eigenvalue weighted by molar-refractivity contribution is 0.0641. The van der Waals surface area contributed by atoms with E-state index in [2.05, 4.69) is 10.2 Å². The van der Waals surface area contributed by atoms with E-state index in [-0.39, 0.29) is 36.2 Å². The largest absolute Gasteiger partial charge is 0.394 e. The average molecular weight is 320 g/mol. The van der Waals surface area contributed by atoms with Crippen LogP contribution in [0.4, 0.5) is 4.39 Å². The molecule has 0 unspecified atom stereocenters. The summed E-state index contributed by atoms with van der Waals surface area (Å²) >= 11 is 0. The molecule has 3 rings (SSSR count). The Morgan fingerprint density at radius 3 is 2.83 bits per heavy atom. The van der Waals surface area contributed by atoms with E-state index in [0.29, 0.717) is 18.7 Å². The molecule has 2 atom stereocenters. The molecular weight excluding hydrogens is 303 g/mol. The van der Waals surface area contributed by atoms with Crippen molar-refractivity contribution in [2.45, 2.75) is 18.6 Å². The Morgan fingerprint density at radius 1 is 1.43 bits per heavy atom. The maximum Gasteiger partial charge on any atom is 0.276 e. The van der Waals surface area contributed by atoms with Crippen LogP contribution in [0.15, 0.2) is 30.5 Å². The molecule has 1 amide bonds. The zero-order valence-electron chi connectivity index (χ0n) is 12.6. The molecule has 1 fully saturated rings. The number of ether oxygens (including phenoxy) is 1. The molecule has 2 aromatic rings. The van der Waals surface area contributed by atoms with Crippen LogP contribution in [0, 0.1) is 5.82 Å². The first-order valence-electron chi connectivity index (χ1n) is 7.25. The molecule has 1 aliphatic heterocycles. The highest BCUT2D eigenvalue weighted by atomic mass is 19.1. The van der Waals surface area contributed by atoms with Gasteiger partial charge in [0.25, 0.3) is 5.91 Å². The first kappa shape index (κ1) is 15.6. The summed E-state index contributed by atoms with van der Waals surface area (Å²) in [5.41, 5.74) is 0.727. The van der Waals surface area contributed by atoms with Crippen molar-refractivity contribution in [3.8, 4) is 5.69 Å². The number of hydrogen-bond acceptors (Lipinski definition) is 5. The standard InChI is InChI=1S/C15H17FN4O3/c1-23-13-6-12(9-21)19(8-13)15(22)14-7-17-20(18-14)11-4-2-10(16)3-5-11/h2-5,7,12-13,21H,6,8-9H2,1H3/t12-,13+/m0/s1. The summed E-state index contributed by atoms with van der Waals surface area (Å²) in [4.78, 5) is 15.4. The molecule has 23 heavy (non-hydrogen) atoms. The predicted octanol–water partition coefficient (Wildman–Crippen LogP) is 0.628. The van der Waals surface area contributed by atoms with Gasteiger partial charge in [0, 0.05) is 13.7 Å². The number of rotatable bonds is 4. The zero-order valence-corrected chi connectivity index (χ0v) is 12.6. The third-order valence-electron chi connectivity index (χ3n) is 3.95. The van der Waals surface area contributed by atoms with E-state index >= 15 is 0 Å². The summed E-state index contributed by atoms with van der Waals surface area (Å²) < 4.78 is 18.2. The van der Waals surface area contributed by atoms with E-state index in [4.69, 9.17) is 4.74 Å². The number of likely N-dealkylation sites (tertiary alicyclic amines) is 1. The number of aromatic nitrogens is 3. The molecule has 1 aromatic heterocycles. The maximum absolute atomic E-state index is 12.9. The zero-order chi connectivity index (χ0) is 16.4. The number of benzene rings is 1. The molecule has 0 radical (unpaired) electrons. The minimum absolute atomic E-state index is 0.0942. The average Bonchev–Trinajstić information content (AvgIpc) is 3.21. The summed E-state index contributed by atoms with van der Waals surface area (Å²) in [6, 6.07) is 5.36. The smallest absolute Gasteiger partial charge is 0.276 e. The third kappa shape index (κ3) is 3.08. The number of aliphatic hydroxyl groups excluding tert-OH is 1. The predicted molar refractivity (Wildman–Crippen MR) is 78.6 cm³/mol. The van der Waals surface area contributed by atoms with Gasteiger partial charge in [0.2, 0.25) is 0 Å². The summed E-state index contributed by atoms with van der Waals surface area (Å²) in [6.45, 7) is 0.279. The van der Waals surface area contributed by atoms with Gasteiger partial charge in [-0.25, -0.2) is 4.39 Å². The number of halogens is 1. The fourth-order valence-corrected chi connectivity index (χ4v) is 2.67. The van der Waals surface area contributed by atoms with E-state index in [1.807, 2.05) is 0 Å². The third-order valence-corrected chi connectivity index (χ3v) is 3.95. The molecule has 122 valence electrons. The van der Waals surface area contributed by atoms with Gasteiger partial charge in [-0.05, 0) is 30.7 Å². The van der Waals surface area contributed by atoms with Crippen LogP contribution in [0.1, 0.15) is 16.9 Å². The Hall–Kier alpha value is -2.32. The Morgan fingerprint density at radius 2 is 2.17 bits per heavy atom. The second kappa shape index (κ2) is 6.43. The van der Waals surface area contributed by atoms with Crippen molar-refractivity contribution in [1.82, 2.24) is 19.9 Å².